The maximum Gasteiger partial charge on any atom is 0.320 e. The molecule has 3 aromatic rings. The molecule has 0 radical (unpaired) electrons. The molecule has 0 spiro atoms. The summed E-state index contributed by atoms with van der Waals surface area (Å²) in [6, 6.07) is 5.26. The zero-order valence-corrected chi connectivity index (χ0v) is 20.7. The molecule has 3 heterocycles. The summed E-state index contributed by atoms with van der Waals surface area (Å²) < 4.78 is 1.88. The molecule has 1 fully saturated rings. The number of rotatable bonds is 5. The molecule has 1 aromatic carbocycles. The molecule has 34 heavy (non-hydrogen) atoms. The predicted molar refractivity (Wildman–Crippen MR) is 133 cm³/mol. The highest BCUT2D eigenvalue weighted by molar-refractivity contribution is 6.35. The summed E-state index contributed by atoms with van der Waals surface area (Å²) in [7, 11) is 0. The zero-order valence-electron chi connectivity index (χ0n) is 19.2. The molecule has 1 aliphatic heterocycles. The van der Waals surface area contributed by atoms with Gasteiger partial charge in [-0.3, -0.25) is 9.69 Å². The van der Waals surface area contributed by atoms with Crippen LogP contribution in [0.2, 0.25) is 10.0 Å². The van der Waals surface area contributed by atoms with Crippen molar-refractivity contribution in [3.63, 3.8) is 0 Å². The second-order valence-electron chi connectivity index (χ2n) is 9.19. The number of carboxylic acid groups (broad SMARTS) is 1. The van der Waals surface area contributed by atoms with E-state index in [0.717, 1.165) is 72.3 Å². The lowest BCUT2D eigenvalue weighted by Gasteiger charge is -2.33. The minimum Gasteiger partial charge on any atom is -0.480 e. The summed E-state index contributed by atoms with van der Waals surface area (Å²) in [6.07, 6.45) is 8.31. The molecular weight excluding hydrogens is 473 g/mol. The van der Waals surface area contributed by atoms with Gasteiger partial charge in [0.15, 0.2) is 5.65 Å². The van der Waals surface area contributed by atoms with E-state index < -0.39 is 5.97 Å². The van der Waals surface area contributed by atoms with E-state index in [4.69, 9.17) is 38.3 Å². The number of nitrogens with zero attached hydrogens (tertiary/aromatic N) is 5. The topological polar surface area (TPSA) is 84.1 Å². The molecule has 178 valence electrons. The van der Waals surface area contributed by atoms with Crippen LogP contribution in [0.3, 0.4) is 0 Å². The zero-order chi connectivity index (χ0) is 24.0. The average molecular weight is 500 g/mol. The molecule has 3 atom stereocenters. The number of fused-ring (bicyclic) bond motifs is 1. The van der Waals surface area contributed by atoms with Crippen LogP contribution in [-0.4, -0.2) is 54.4 Å². The number of carboxylic acids is 1. The first-order chi connectivity index (χ1) is 16.3. The molecule has 1 unspecified atom stereocenters. The Morgan fingerprint density at radius 1 is 1.26 bits per heavy atom. The van der Waals surface area contributed by atoms with Crippen molar-refractivity contribution < 1.29 is 9.90 Å². The number of aromatic nitrogens is 4. The van der Waals surface area contributed by atoms with Crippen LogP contribution >= 0.6 is 23.2 Å². The standard InChI is InChI=1S/C25H27Cl2N5O2/c1-14-23-24(32(30-14)15(2)19-10-7-17(26)12-20(19)27)29-21(13-28-23)16-5-8-18(9-6-16)31-11-3-4-22(31)25(33)34/h5,7,10,12-13,15,18,22H,3-4,6,8-9,11H2,1-2H3,(H,33,34)/t15-,18?,22+/m1/s1. The minimum atomic E-state index is -0.706. The molecular formula is C25H27Cl2N5O2. The summed E-state index contributed by atoms with van der Waals surface area (Å²) in [5.74, 6) is -0.706. The minimum absolute atomic E-state index is 0.140. The van der Waals surface area contributed by atoms with Crippen LogP contribution in [0.25, 0.3) is 16.7 Å². The van der Waals surface area contributed by atoms with Crippen molar-refractivity contribution in [2.24, 2.45) is 0 Å². The van der Waals surface area contributed by atoms with Gasteiger partial charge >= 0.3 is 5.97 Å². The largest absolute Gasteiger partial charge is 0.480 e. The molecule has 9 heteroatoms. The van der Waals surface area contributed by atoms with E-state index in [1.54, 1.807) is 6.07 Å². The Morgan fingerprint density at radius 2 is 2.09 bits per heavy atom. The number of halogens is 2. The quantitative estimate of drug-likeness (QED) is 0.496. The maximum absolute atomic E-state index is 11.6. The third kappa shape index (κ3) is 4.21. The summed E-state index contributed by atoms with van der Waals surface area (Å²) in [6.45, 7) is 4.83. The van der Waals surface area contributed by atoms with Gasteiger partial charge in [-0.05, 0) is 75.8 Å². The number of hydrogen-bond acceptors (Lipinski definition) is 5. The summed E-state index contributed by atoms with van der Waals surface area (Å²) in [5, 5.41) is 15.4. The number of carbonyl (C=O) groups is 1. The SMILES string of the molecule is Cc1nn([C@H](C)c2ccc(Cl)cc2Cl)c2nc(C3=CCC(N4CCC[C@H]4C(=O)O)CC3)cnc12. The highest BCUT2D eigenvalue weighted by atomic mass is 35.5. The van der Waals surface area contributed by atoms with Gasteiger partial charge in [0.1, 0.15) is 11.6 Å². The fourth-order valence-corrected chi connectivity index (χ4v) is 5.86. The Hall–Kier alpha value is -2.48. The summed E-state index contributed by atoms with van der Waals surface area (Å²) >= 11 is 12.6. The second kappa shape index (κ2) is 9.29. The molecule has 2 aliphatic rings. The van der Waals surface area contributed by atoms with Gasteiger partial charge in [-0.2, -0.15) is 5.10 Å². The van der Waals surface area contributed by atoms with E-state index >= 15 is 0 Å². The third-order valence-corrected chi connectivity index (χ3v) is 7.67. The lowest BCUT2D eigenvalue weighted by Crippen LogP contribution is -2.43. The van der Waals surface area contributed by atoms with Gasteiger partial charge in [-0.25, -0.2) is 14.6 Å². The van der Waals surface area contributed by atoms with Crippen LogP contribution in [0.15, 0.2) is 30.5 Å². The number of hydrogen-bond donors (Lipinski definition) is 1. The van der Waals surface area contributed by atoms with Gasteiger partial charge < -0.3 is 5.11 Å². The van der Waals surface area contributed by atoms with E-state index in [2.05, 4.69) is 11.0 Å². The van der Waals surface area contributed by atoms with E-state index in [-0.39, 0.29) is 18.1 Å². The number of benzene rings is 1. The average Bonchev–Trinajstić information content (AvgIpc) is 3.44. The first kappa shape index (κ1) is 23.3. The summed E-state index contributed by atoms with van der Waals surface area (Å²) in [4.78, 5) is 23.4. The Labute approximate surface area is 208 Å². The summed E-state index contributed by atoms with van der Waals surface area (Å²) in [5.41, 5.74) is 5.23. The van der Waals surface area contributed by atoms with Crippen molar-refractivity contribution in [1.29, 1.82) is 0 Å². The van der Waals surface area contributed by atoms with Crippen molar-refractivity contribution in [2.75, 3.05) is 6.54 Å². The molecule has 0 bridgehead atoms. The smallest absolute Gasteiger partial charge is 0.320 e. The Balaban J connectivity index is 1.43. The Bertz CT molecular complexity index is 1290. The fraction of sp³-hybridized carbons (Fsp3) is 0.440. The first-order valence-electron chi connectivity index (χ1n) is 11.7. The molecule has 0 saturated carbocycles. The van der Waals surface area contributed by atoms with Crippen molar-refractivity contribution in [3.05, 3.63) is 57.5 Å². The number of aryl methyl sites for hydroxylation is 1. The van der Waals surface area contributed by atoms with E-state index in [0.29, 0.717) is 10.0 Å². The van der Waals surface area contributed by atoms with Crippen molar-refractivity contribution in [3.8, 4) is 0 Å². The third-order valence-electron chi connectivity index (χ3n) is 7.11. The van der Waals surface area contributed by atoms with E-state index in [1.807, 2.05) is 36.9 Å². The monoisotopic (exact) mass is 499 g/mol. The number of allylic oxidation sites excluding steroid dienone is 1. The van der Waals surface area contributed by atoms with Gasteiger partial charge in [0.2, 0.25) is 0 Å². The molecule has 7 nitrogen and oxygen atoms in total. The van der Waals surface area contributed by atoms with Crippen LogP contribution in [0.4, 0.5) is 0 Å². The van der Waals surface area contributed by atoms with Crippen LogP contribution < -0.4 is 0 Å². The number of likely N-dealkylation sites (tertiary alicyclic amines) is 1. The number of aliphatic carboxylic acids is 1. The van der Waals surface area contributed by atoms with Crippen molar-refractivity contribution >= 4 is 45.9 Å². The maximum atomic E-state index is 11.6. The van der Waals surface area contributed by atoms with Crippen LogP contribution in [0.5, 0.6) is 0 Å². The normalized spacial score (nSPS) is 22.2. The molecule has 5 rings (SSSR count). The predicted octanol–water partition coefficient (Wildman–Crippen LogP) is 5.54. The Kier molecular flexibility index (Phi) is 6.35. The van der Waals surface area contributed by atoms with Gasteiger partial charge in [0.05, 0.1) is 23.6 Å². The van der Waals surface area contributed by atoms with Gasteiger partial charge in [-0.15, -0.1) is 0 Å². The fourth-order valence-electron chi connectivity index (χ4n) is 5.29. The molecule has 0 amide bonds. The highest BCUT2D eigenvalue weighted by Crippen LogP contribution is 2.34. The van der Waals surface area contributed by atoms with Crippen LogP contribution in [-0.2, 0) is 4.79 Å². The van der Waals surface area contributed by atoms with Crippen molar-refractivity contribution in [1.82, 2.24) is 24.6 Å². The van der Waals surface area contributed by atoms with E-state index in [9.17, 15) is 9.90 Å². The van der Waals surface area contributed by atoms with Crippen LogP contribution in [0, 0.1) is 6.92 Å². The highest BCUT2D eigenvalue weighted by Gasteiger charge is 2.35. The second-order valence-corrected chi connectivity index (χ2v) is 10.0. The lowest BCUT2D eigenvalue weighted by atomic mass is 9.92. The van der Waals surface area contributed by atoms with Crippen molar-refractivity contribution in [2.45, 2.75) is 64.1 Å². The molecule has 1 N–H and O–H groups in total. The van der Waals surface area contributed by atoms with Gasteiger partial charge in [-0.1, -0.05) is 35.3 Å². The lowest BCUT2D eigenvalue weighted by molar-refractivity contribution is -0.143. The molecule has 2 aromatic heterocycles. The van der Waals surface area contributed by atoms with Gasteiger partial charge in [0, 0.05) is 16.1 Å². The van der Waals surface area contributed by atoms with Crippen LogP contribution in [0.1, 0.15) is 62.0 Å². The molecule has 1 aliphatic carbocycles. The first-order valence-corrected chi connectivity index (χ1v) is 12.4. The molecule has 1 saturated heterocycles. The Morgan fingerprint density at radius 3 is 2.79 bits per heavy atom. The van der Waals surface area contributed by atoms with Gasteiger partial charge in [0.25, 0.3) is 0 Å². The van der Waals surface area contributed by atoms with E-state index in [1.165, 1.54) is 0 Å².